The summed E-state index contributed by atoms with van der Waals surface area (Å²) in [5, 5.41) is 5.24. The maximum Gasteiger partial charge on any atom is 0.145 e. The number of ether oxygens (including phenoxy) is 2. The second-order valence-electron chi connectivity index (χ2n) is 23.5. The molecule has 8 aliphatic carbocycles. The van der Waals surface area contributed by atoms with Gasteiger partial charge in [0.1, 0.15) is 6.79 Å². The standard InChI is InChI=1S/2C15H26.2C10H8.2C6H12.C3H8O2.7C2H6.12Ar/c2*1-15(2)13-9-5-3-7-11(13)12-8-4-6-10-14(12)15;2*1-2-6-10-8-4-3-7-9(10)5-1;2*1-2-4-6-5-3-1;1-4-3-5-2;7*1-2;;;;;;;;;;;;/h2*11-14H,3-10H2,1-2H3;2*1-8H;2*1-6H2;3H2,1-2H3;7*1-2H3;;;;;;;;;;;;. The molecule has 14 heteroatoms. The minimum absolute atomic E-state index is 0. The molecule has 0 spiro atoms. The largest absolute Gasteiger partial charge is 0.359 e. The zero-order valence-corrected chi connectivity index (χ0v) is 70.9. The number of rotatable bonds is 2. The summed E-state index contributed by atoms with van der Waals surface area (Å²) >= 11 is 0. The molecule has 8 fully saturated rings. The van der Waals surface area contributed by atoms with Crippen molar-refractivity contribution in [3.05, 3.63) is 97.1 Å². The van der Waals surface area contributed by atoms with E-state index >= 15 is 0 Å². The van der Waals surface area contributed by atoms with Gasteiger partial charge in [-0.25, -0.2) is 0 Å². The van der Waals surface area contributed by atoms with Crippen LogP contribution in [0.5, 0.6) is 0 Å². The predicted molar refractivity (Wildman–Crippen MR) is 371 cm³/mol. The van der Waals surface area contributed by atoms with E-state index < -0.39 is 0 Å². The van der Waals surface area contributed by atoms with Crippen molar-refractivity contribution in [2.24, 2.45) is 58.2 Å². The molecule has 0 aromatic heterocycles. The minimum Gasteiger partial charge on any atom is -0.359 e. The van der Waals surface area contributed by atoms with Gasteiger partial charge < -0.3 is 9.47 Å². The van der Waals surface area contributed by atoms with Gasteiger partial charge in [-0.1, -0.05) is 350 Å². The molecule has 8 unspecified atom stereocenters. The van der Waals surface area contributed by atoms with E-state index in [0.717, 1.165) is 47.3 Å². The summed E-state index contributed by atoms with van der Waals surface area (Å²) in [5.41, 5.74) is 1.35. The van der Waals surface area contributed by atoms with Crippen LogP contribution in [0.1, 0.15) is 304 Å². The van der Waals surface area contributed by atoms with Gasteiger partial charge in [-0.05, 0) is 131 Å². The fourth-order valence-corrected chi connectivity index (χ4v) is 15.4. The van der Waals surface area contributed by atoms with Crippen LogP contribution in [0.2, 0.25) is 0 Å². The van der Waals surface area contributed by atoms with Crippen LogP contribution in [0, 0.1) is 511 Å². The summed E-state index contributed by atoms with van der Waals surface area (Å²) in [5.74, 6) is 8.83. The average Bonchev–Trinajstić information content (AvgIpc) is 1.61. The maximum atomic E-state index is 4.47. The third-order valence-corrected chi connectivity index (χ3v) is 18.8. The van der Waals surface area contributed by atoms with Crippen LogP contribution >= 0.6 is 0 Å². The van der Waals surface area contributed by atoms with Crippen LogP contribution in [0.4, 0.5) is 0 Å². The van der Waals surface area contributed by atoms with Crippen molar-refractivity contribution in [1.82, 2.24) is 0 Å². The smallest absolute Gasteiger partial charge is 0.145 e. The predicted octanol–water partition coefficient (Wildman–Crippen LogP) is 27.1. The van der Waals surface area contributed by atoms with Crippen LogP contribution in [-0.4, -0.2) is 21.0 Å². The second kappa shape index (κ2) is 96.8. The Balaban J connectivity index is -0.0000000633. The van der Waals surface area contributed by atoms with Gasteiger partial charge in [0.15, 0.2) is 0 Å². The number of fused-ring (bicyclic) bond motifs is 8. The van der Waals surface area contributed by atoms with Crippen LogP contribution < -0.4 is 0 Å². The van der Waals surface area contributed by atoms with Gasteiger partial charge in [0.25, 0.3) is 0 Å². The van der Waals surface area contributed by atoms with E-state index in [0.29, 0.717) is 17.6 Å². The van der Waals surface area contributed by atoms with Crippen LogP contribution in [0.15, 0.2) is 97.1 Å². The number of benzene rings is 4. The molecule has 8 atom stereocenters. The molecular weight excluding hydrogens is 1460 g/mol. The summed E-state index contributed by atoms with van der Waals surface area (Å²) in [6, 6.07) is 33.4. The fraction of sp³-hybridized carbons (Fsp3) is 0.747. The molecule has 4 aromatic carbocycles. The van der Waals surface area contributed by atoms with Crippen molar-refractivity contribution >= 4 is 21.5 Å². The number of hydrogen-bond donors (Lipinski definition) is 0. The van der Waals surface area contributed by atoms with E-state index in [1.165, 1.54) is 150 Å². The Labute approximate surface area is 942 Å². The van der Waals surface area contributed by atoms with Crippen molar-refractivity contribution in [3.63, 3.8) is 0 Å². The summed E-state index contributed by atoms with van der Waals surface area (Å²) in [6.45, 7) is 38.7. The van der Waals surface area contributed by atoms with Gasteiger partial charge in [0.05, 0.1) is 0 Å². The first-order valence-electron chi connectivity index (χ1n) is 35.6. The quantitative estimate of drug-likeness (QED) is 0.186. The summed E-state index contributed by atoms with van der Waals surface area (Å²) in [4.78, 5) is 0. The van der Waals surface area contributed by atoms with E-state index in [4.69, 9.17) is 0 Å². The van der Waals surface area contributed by atoms with Gasteiger partial charge >= 0.3 is 0 Å². The topological polar surface area (TPSA) is 18.5 Å². The van der Waals surface area contributed by atoms with E-state index in [-0.39, 0.29) is 453 Å². The molecular formula is C79H142Ar12O2. The molecule has 0 saturated heterocycles. The van der Waals surface area contributed by atoms with E-state index in [1.54, 1.807) is 65.6 Å². The molecule has 0 radical (unpaired) electrons. The zero-order chi connectivity index (χ0) is 61.2. The summed E-state index contributed by atoms with van der Waals surface area (Å²) < 4.78 is 8.94. The average molecular weight is 1600 g/mol. The third kappa shape index (κ3) is 57.2. The molecule has 0 bridgehead atoms. The van der Waals surface area contributed by atoms with Gasteiger partial charge in [-0.3, -0.25) is 0 Å². The zero-order valence-electron chi connectivity index (χ0n) is 62.4. The summed E-state index contributed by atoms with van der Waals surface area (Å²) in [7, 11) is 3.17. The van der Waals surface area contributed by atoms with Gasteiger partial charge in [-0.2, -0.15) is 0 Å². The van der Waals surface area contributed by atoms with E-state index in [2.05, 4.69) is 134 Å². The number of methoxy groups -OCH3 is 2. The Morgan fingerprint density at radius 1 is 0.237 bits per heavy atom. The third-order valence-electron chi connectivity index (χ3n) is 18.8. The first-order chi connectivity index (χ1) is 39.8. The fourth-order valence-electron chi connectivity index (χ4n) is 15.4. The molecule has 12 rings (SSSR count). The van der Waals surface area contributed by atoms with Crippen molar-refractivity contribution in [2.45, 2.75) is 304 Å². The van der Waals surface area contributed by atoms with Crippen molar-refractivity contribution in [2.75, 3.05) is 21.0 Å². The Bertz CT molecular complexity index is 1610. The molecule has 8 saturated carbocycles. The Morgan fingerprint density at radius 2 is 0.366 bits per heavy atom. The van der Waals surface area contributed by atoms with Crippen molar-refractivity contribution in [3.8, 4) is 0 Å². The Hall–Kier alpha value is 12.4. The molecule has 93 heavy (non-hydrogen) atoms. The first kappa shape index (κ1) is 138. The van der Waals surface area contributed by atoms with Gasteiger partial charge in [0, 0.05) is 467 Å². The van der Waals surface area contributed by atoms with Gasteiger partial charge in [-0.15, -0.1) is 0 Å². The monoisotopic (exact) mass is 1600 g/mol. The van der Waals surface area contributed by atoms with Gasteiger partial charge in [0.2, 0.25) is 0 Å². The molecule has 8 aliphatic rings. The van der Waals surface area contributed by atoms with Crippen LogP contribution in [0.3, 0.4) is 0 Å². The normalized spacial score (nSPS) is 21.8. The SMILES string of the molecule is C1CCCCC1.C1CCCCC1.CC.CC.CC.CC.CC.CC.CC.CC1(C)C2CCCCC2C2CCCCC21.CC1(C)C2CCCCC2C2CCCCC21.COCOC.[Ar].[Ar].[Ar].[Ar].[Ar].[Ar].[Ar].[Ar].[Ar].[Ar].[Ar].[Ar].c1ccc2ccccc2c1.c1ccc2ccccc2c1. The molecule has 0 amide bonds. The Morgan fingerprint density at radius 3 is 0.484 bits per heavy atom. The van der Waals surface area contributed by atoms with Crippen LogP contribution in [0.25, 0.3) is 21.5 Å². The molecule has 4 aromatic rings. The summed E-state index contributed by atoms with van der Waals surface area (Å²) in [6.07, 6.45) is 42.6. The van der Waals surface area contributed by atoms with Crippen molar-refractivity contribution < 1.29 is 462 Å². The van der Waals surface area contributed by atoms with Crippen LogP contribution in [-0.2, 0) is 9.47 Å². The number of hydrogen-bond acceptors (Lipinski definition) is 2. The molecule has 0 heterocycles. The second-order valence-corrected chi connectivity index (χ2v) is 23.5. The first-order valence-corrected chi connectivity index (χ1v) is 35.6. The molecule has 0 aliphatic heterocycles. The van der Waals surface area contributed by atoms with E-state index in [1.807, 2.05) is 96.9 Å². The Kier molecular flexibility index (Phi) is 143. The molecule has 566 valence electrons. The van der Waals surface area contributed by atoms with E-state index in [9.17, 15) is 0 Å². The molecule has 2 nitrogen and oxygen atoms in total. The maximum absolute atomic E-state index is 4.47. The molecule has 0 N–H and O–H groups in total. The minimum atomic E-state index is 0. The van der Waals surface area contributed by atoms with Crippen molar-refractivity contribution in [1.29, 1.82) is 0 Å².